The van der Waals surface area contributed by atoms with E-state index >= 15 is 0 Å². The minimum Gasteiger partial charge on any atom is -0.356 e. The van der Waals surface area contributed by atoms with Gasteiger partial charge in [-0.05, 0) is 31.9 Å². The fourth-order valence-electron chi connectivity index (χ4n) is 3.90. The van der Waals surface area contributed by atoms with Crippen LogP contribution in [0.3, 0.4) is 0 Å². The average molecular weight is 540 g/mol. The molecule has 0 atom stereocenters. The van der Waals surface area contributed by atoms with Gasteiger partial charge in [0.15, 0.2) is 5.96 Å². The van der Waals surface area contributed by atoms with Crippen molar-refractivity contribution in [2.45, 2.75) is 33.4 Å². The monoisotopic (exact) mass is 539 g/mol. The van der Waals surface area contributed by atoms with E-state index in [9.17, 15) is 0 Å². The van der Waals surface area contributed by atoms with Gasteiger partial charge in [0.25, 0.3) is 0 Å². The number of benzene rings is 1. The molecule has 0 bridgehead atoms. The lowest BCUT2D eigenvalue weighted by Crippen LogP contribution is -2.49. The molecule has 31 heavy (non-hydrogen) atoms. The summed E-state index contributed by atoms with van der Waals surface area (Å²) >= 11 is 0. The Kier molecular flexibility index (Phi) is 11.3. The maximum Gasteiger partial charge on any atom is 0.191 e. The molecule has 0 radical (unpaired) electrons. The molecule has 1 aromatic heterocycles. The topological polar surface area (TPSA) is 60.7 Å². The molecular formula is C23H38IN7. The number of aromatic nitrogens is 2. The molecule has 0 aliphatic carbocycles. The van der Waals surface area contributed by atoms with Crippen LogP contribution in [-0.4, -0.2) is 78.4 Å². The van der Waals surface area contributed by atoms with Crippen LogP contribution in [0.15, 0.2) is 41.4 Å². The normalized spacial score (nSPS) is 15.5. The first-order valence-corrected chi connectivity index (χ1v) is 11.1. The standard InChI is InChI=1S/C23H37N7.HI/c1-20-18-21(2)30(27-20)12-7-10-25-23(24-3)26-11-13-28-14-16-29(17-15-28)19-22-8-5-4-6-9-22;/h4-6,8-9,18H,7,10-17,19H2,1-3H3,(H2,24,25,26);1H. The first-order valence-electron chi connectivity index (χ1n) is 11.1. The van der Waals surface area contributed by atoms with E-state index in [1.807, 2.05) is 14.0 Å². The van der Waals surface area contributed by atoms with Crippen molar-refractivity contribution in [2.75, 3.05) is 52.9 Å². The fourth-order valence-corrected chi connectivity index (χ4v) is 3.90. The van der Waals surface area contributed by atoms with Crippen molar-refractivity contribution in [3.05, 3.63) is 53.3 Å². The summed E-state index contributed by atoms with van der Waals surface area (Å²) in [4.78, 5) is 9.42. The highest BCUT2D eigenvalue weighted by atomic mass is 127. The second-order valence-corrected chi connectivity index (χ2v) is 8.03. The van der Waals surface area contributed by atoms with E-state index in [4.69, 9.17) is 0 Å². The maximum atomic E-state index is 4.51. The highest BCUT2D eigenvalue weighted by Crippen LogP contribution is 2.08. The van der Waals surface area contributed by atoms with Crippen LogP contribution in [0, 0.1) is 13.8 Å². The van der Waals surface area contributed by atoms with E-state index in [-0.39, 0.29) is 24.0 Å². The molecule has 2 heterocycles. The van der Waals surface area contributed by atoms with Gasteiger partial charge in [0.05, 0.1) is 5.69 Å². The van der Waals surface area contributed by atoms with Gasteiger partial charge < -0.3 is 10.6 Å². The van der Waals surface area contributed by atoms with Gasteiger partial charge in [-0.3, -0.25) is 19.5 Å². The molecule has 2 N–H and O–H groups in total. The third kappa shape index (κ3) is 8.78. The van der Waals surface area contributed by atoms with E-state index in [0.717, 1.165) is 77.0 Å². The summed E-state index contributed by atoms with van der Waals surface area (Å²) in [6.45, 7) is 13.5. The van der Waals surface area contributed by atoms with Crippen LogP contribution >= 0.6 is 24.0 Å². The van der Waals surface area contributed by atoms with Gasteiger partial charge in [-0.1, -0.05) is 30.3 Å². The Morgan fingerprint density at radius 3 is 2.29 bits per heavy atom. The first kappa shape index (κ1) is 25.6. The molecule has 0 spiro atoms. The van der Waals surface area contributed by atoms with E-state index in [0.29, 0.717) is 0 Å². The molecule has 0 saturated carbocycles. The van der Waals surface area contributed by atoms with Crippen LogP contribution in [0.2, 0.25) is 0 Å². The fraction of sp³-hybridized carbons (Fsp3) is 0.565. The summed E-state index contributed by atoms with van der Waals surface area (Å²) in [5, 5.41) is 11.4. The molecule has 1 fully saturated rings. The summed E-state index contributed by atoms with van der Waals surface area (Å²) < 4.78 is 2.07. The third-order valence-corrected chi connectivity index (χ3v) is 5.60. The molecule has 8 heteroatoms. The Bertz CT molecular complexity index is 782. The van der Waals surface area contributed by atoms with Crippen LogP contribution in [0.5, 0.6) is 0 Å². The highest BCUT2D eigenvalue weighted by Gasteiger charge is 2.16. The minimum atomic E-state index is 0. The third-order valence-electron chi connectivity index (χ3n) is 5.60. The quantitative estimate of drug-likeness (QED) is 0.222. The van der Waals surface area contributed by atoms with Crippen molar-refractivity contribution in [2.24, 2.45) is 4.99 Å². The molecule has 7 nitrogen and oxygen atoms in total. The van der Waals surface area contributed by atoms with Crippen molar-refractivity contribution in [1.29, 1.82) is 0 Å². The van der Waals surface area contributed by atoms with Gasteiger partial charge in [-0.15, -0.1) is 24.0 Å². The van der Waals surface area contributed by atoms with E-state index in [1.54, 1.807) is 0 Å². The van der Waals surface area contributed by atoms with E-state index < -0.39 is 0 Å². The predicted molar refractivity (Wildman–Crippen MR) is 139 cm³/mol. The van der Waals surface area contributed by atoms with Gasteiger partial charge in [0.1, 0.15) is 0 Å². The summed E-state index contributed by atoms with van der Waals surface area (Å²) in [6, 6.07) is 12.9. The van der Waals surface area contributed by atoms with Crippen molar-refractivity contribution in [3.63, 3.8) is 0 Å². The van der Waals surface area contributed by atoms with Crippen LogP contribution in [0.4, 0.5) is 0 Å². The Hall–Kier alpha value is -1.65. The number of aliphatic imine (C=N–C) groups is 1. The summed E-state index contributed by atoms with van der Waals surface area (Å²) in [5.74, 6) is 0.881. The second-order valence-electron chi connectivity index (χ2n) is 8.03. The molecule has 1 aliphatic rings. The number of hydrogen-bond acceptors (Lipinski definition) is 4. The number of aryl methyl sites for hydroxylation is 3. The Labute approximate surface area is 204 Å². The smallest absolute Gasteiger partial charge is 0.191 e. The number of rotatable bonds is 9. The van der Waals surface area contributed by atoms with Crippen molar-refractivity contribution in [1.82, 2.24) is 30.2 Å². The van der Waals surface area contributed by atoms with Gasteiger partial charge in [-0.25, -0.2) is 0 Å². The minimum absolute atomic E-state index is 0. The zero-order chi connectivity index (χ0) is 21.2. The van der Waals surface area contributed by atoms with Crippen molar-refractivity contribution < 1.29 is 0 Å². The van der Waals surface area contributed by atoms with Crippen molar-refractivity contribution >= 4 is 29.9 Å². The number of halogens is 1. The number of hydrogen-bond donors (Lipinski definition) is 2. The van der Waals surface area contributed by atoms with Crippen molar-refractivity contribution in [3.8, 4) is 0 Å². The summed E-state index contributed by atoms with van der Waals surface area (Å²) in [5.41, 5.74) is 3.71. The summed E-state index contributed by atoms with van der Waals surface area (Å²) in [6.07, 6.45) is 1.02. The molecule has 0 unspecified atom stereocenters. The lowest BCUT2D eigenvalue weighted by molar-refractivity contribution is 0.129. The number of nitrogens with one attached hydrogen (secondary N) is 2. The number of guanidine groups is 1. The molecule has 0 amide bonds. The zero-order valence-electron chi connectivity index (χ0n) is 19.2. The Balaban J connectivity index is 0.00000341. The van der Waals surface area contributed by atoms with Crippen LogP contribution in [0.25, 0.3) is 0 Å². The molecular weight excluding hydrogens is 501 g/mol. The Morgan fingerprint density at radius 2 is 1.65 bits per heavy atom. The molecule has 2 aromatic rings. The van der Waals surface area contributed by atoms with Crippen LogP contribution < -0.4 is 10.6 Å². The molecule has 1 saturated heterocycles. The van der Waals surface area contributed by atoms with Gasteiger partial charge in [0, 0.05) is 71.6 Å². The molecule has 3 rings (SSSR count). The summed E-state index contributed by atoms with van der Waals surface area (Å²) in [7, 11) is 1.83. The maximum absolute atomic E-state index is 4.51. The van der Waals surface area contributed by atoms with Crippen LogP contribution in [0.1, 0.15) is 23.4 Å². The molecule has 172 valence electrons. The Morgan fingerprint density at radius 1 is 0.968 bits per heavy atom. The highest BCUT2D eigenvalue weighted by molar-refractivity contribution is 14.0. The van der Waals surface area contributed by atoms with E-state index in [1.165, 1.54) is 11.3 Å². The number of nitrogens with zero attached hydrogens (tertiary/aromatic N) is 5. The number of piperazine rings is 1. The van der Waals surface area contributed by atoms with Gasteiger partial charge in [-0.2, -0.15) is 5.10 Å². The predicted octanol–water partition coefficient (Wildman–Crippen LogP) is 2.49. The molecule has 1 aromatic carbocycles. The first-order chi connectivity index (χ1) is 14.6. The zero-order valence-corrected chi connectivity index (χ0v) is 21.5. The second kappa shape index (κ2) is 13.7. The SMILES string of the molecule is CN=C(NCCCn1nc(C)cc1C)NCCN1CCN(Cc2ccccc2)CC1.I. The van der Waals surface area contributed by atoms with Gasteiger partial charge >= 0.3 is 0 Å². The van der Waals surface area contributed by atoms with E-state index in [2.05, 4.69) is 78.5 Å². The lowest BCUT2D eigenvalue weighted by atomic mass is 10.2. The van der Waals surface area contributed by atoms with Gasteiger partial charge in [0.2, 0.25) is 0 Å². The van der Waals surface area contributed by atoms with Crippen LogP contribution in [-0.2, 0) is 13.1 Å². The average Bonchev–Trinajstić information content (AvgIpc) is 3.08. The molecule has 1 aliphatic heterocycles. The largest absolute Gasteiger partial charge is 0.356 e. The lowest BCUT2D eigenvalue weighted by Gasteiger charge is -2.34.